The largest absolute Gasteiger partial charge is 0.481 e. The maximum Gasteiger partial charge on any atom is 0.305 e. The average molecular weight is 426 g/mol. The number of aliphatic carboxylic acids is 1. The predicted octanol–water partition coefficient (Wildman–Crippen LogP) is 5.27. The molecule has 0 radical (unpaired) electrons. The van der Waals surface area contributed by atoms with E-state index in [1.54, 1.807) is 31.4 Å². The summed E-state index contributed by atoms with van der Waals surface area (Å²) in [7, 11) is 0. The smallest absolute Gasteiger partial charge is 0.305 e. The second-order valence-corrected chi connectivity index (χ2v) is 8.12. The van der Waals surface area contributed by atoms with E-state index in [2.05, 4.69) is 13.8 Å². The lowest BCUT2D eigenvalue weighted by atomic mass is 9.91. The minimum atomic E-state index is -1.15. The molecule has 2 atom stereocenters. The van der Waals surface area contributed by atoms with Gasteiger partial charge in [0, 0.05) is 17.4 Å². The summed E-state index contributed by atoms with van der Waals surface area (Å²) in [5.41, 5.74) is 4.74. The quantitative estimate of drug-likeness (QED) is 0.456. The molecule has 0 unspecified atom stereocenters. The van der Waals surface area contributed by atoms with E-state index in [1.807, 2.05) is 12.1 Å². The van der Waals surface area contributed by atoms with Crippen LogP contribution in [0.3, 0.4) is 0 Å². The number of benzene rings is 2. The zero-order valence-corrected chi connectivity index (χ0v) is 17.8. The molecule has 2 aromatic carbocycles. The van der Waals surface area contributed by atoms with Crippen molar-refractivity contribution in [2.75, 3.05) is 0 Å². The van der Waals surface area contributed by atoms with E-state index in [4.69, 9.17) is 9.52 Å². The number of hydrogen-bond acceptors (Lipinski definition) is 4. The highest BCUT2D eigenvalue weighted by atomic mass is 19.1. The lowest BCUT2D eigenvalue weighted by molar-refractivity contribution is -0.139. The van der Waals surface area contributed by atoms with Crippen LogP contribution in [-0.4, -0.2) is 33.5 Å². The summed E-state index contributed by atoms with van der Waals surface area (Å²) in [6, 6.07) is 8.69. The lowest BCUT2D eigenvalue weighted by Gasteiger charge is -2.13. The molecule has 0 fully saturated rings. The fraction of sp³-hybridized carbons (Fsp3) is 0.320. The number of carboxylic acid groups (broad SMARTS) is 1. The number of rotatable bonds is 8. The second kappa shape index (κ2) is 9.45. The molecule has 0 aliphatic carbocycles. The Hall–Kier alpha value is -2.96. The molecule has 3 rings (SSSR count). The number of carboxylic acids is 1. The number of fused-ring (bicyclic) bond motifs is 1. The zero-order chi connectivity index (χ0) is 22.7. The van der Waals surface area contributed by atoms with Gasteiger partial charge in [-0.15, -0.1) is 0 Å². The van der Waals surface area contributed by atoms with Crippen molar-refractivity contribution in [1.29, 1.82) is 0 Å². The maximum absolute atomic E-state index is 13.8. The normalized spacial score (nSPS) is 13.9. The van der Waals surface area contributed by atoms with Crippen LogP contribution in [-0.2, 0) is 4.79 Å². The van der Waals surface area contributed by atoms with Gasteiger partial charge in [-0.1, -0.05) is 38.1 Å². The first-order valence-electron chi connectivity index (χ1n) is 10.2. The van der Waals surface area contributed by atoms with Crippen LogP contribution >= 0.6 is 0 Å². The number of hydrogen-bond donors (Lipinski definition) is 3. The molecule has 0 spiro atoms. The average Bonchev–Trinajstić information content (AvgIpc) is 3.12. The lowest BCUT2D eigenvalue weighted by Crippen LogP contribution is -2.19. The van der Waals surface area contributed by atoms with Crippen molar-refractivity contribution in [2.24, 2.45) is 0 Å². The summed E-state index contributed by atoms with van der Waals surface area (Å²) >= 11 is 0. The van der Waals surface area contributed by atoms with Gasteiger partial charge in [0.2, 0.25) is 0 Å². The van der Waals surface area contributed by atoms with Crippen LogP contribution in [0.5, 0.6) is 0 Å². The van der Waals surface area contributed by atoms with E-state index in [-0.39, 0.29) is 18.2 Å². The van der Waals surface area contributed by atoms with Gasteiger partial charge < -0.3 is 19.7 Å². The van der Waals surface area contributed by atoms with E-state index < -0.39 is 24.6 Å². The standard InChI is InChI=1S/C25H27FO5/c1-14(2)21-13-31-23-9-7-19(16-4-8-22(26)15(3)10-16)20(25(21)23)6-5-17(27)11-18(28)12-24(29)30/h4-10,13-14,17-18,27-28H,11-12H2,1-3H3,(H,29,30)/t17-,18-/m1/s1. The SMILES string of the molecule is Cc1cc(-c2ccc3occ(C(C)C)c3c2C=C[C@@H](O)C[C@@H](O)CC(=O)O)ccc1F. The van der Waals surface area contributed by atoms with E-state index >= 15 is 0 Å². The van der Waals surface area contributed by atoms with Crippen molar-refractivity contribution in [3.8, 4) is 11.1 Å². The highest BCUT2D eigenvalue weighted by molar-refractivity contribution is 5.97. The van der Waals surface area contributed by atoms with Crippen LogP contribution in [0.2, 0.25) is 0 Å². The predicted molar refractivity (Wildman–Crippen MR) is 118 cm³/mol. The Labute approximate surface area is 180 Å². The monoisotopic (exact) mass is 426 g/mol. The third kappa shape index (κ3) is 5.21. The van der Waals surface area contributed by atoms with Crippen LogP contribution < -0.4 is 0 Å². The van der Waals surface area contributed by atoms with Crippen molar-refractivity contribution in [1.82, 2.24) is 0 Å². The van der Waals surface area contributed by atoms with Crippen LogP contribution in [0, 0.1) is 12.7 Å². The topological polar surface area (TPSA) is 90.9 Å². The minimum absolute atomic E-state index is 0.0911. The van der Waals surface area contributed by atoms with Gasteiger partial charge in [-0.3, -0.25) is 4.79 Å². The third-order valence-electron chi connectivity index (χ3n) is 5.31. The molecule has 164 valence electrons. The van der Waals surface area contributed by atoms with E-state index in [9.17, 15) is 19.4 Å². The molecule has 3 N–H and O–H groups in total. The van der Waals surface area contributed by atoms with Crippen molar-refractivity contribution in [2.45, 2.75) is 51.7 Å². The van der Waals surface area contributed by atoms with E-state index in [0.717, 1.165) is 27.6 Å². The molecule has 1 aromatic heterocycles. The van der Waals surface area contributed by atoms with E-state index in [0.29, 0.717) is 11.1 Å². The third-order valence-corrected chi connectivity index (χ3v) is 5.31. The molecule has 1 heterocycles. The van der Waals surface area contributed by atoms with Crippen molar-refractivity contribution >= 4 is 23.0 Å². The first-order chi connectivity index (χ1) is 14.7. The fourth-order valence-electron chi connectivity index (χ4n) is 3.69. The molecule has 0 amide bonds. The summed E-state index contributed by atoms with van der Waals surface area (Å²) in [4.78, 5) is 10.7. The summed E-state index contributed by atoms with van der Waals surface area (Å²) in [6.45, 7) is 5.82. The molecular weight excluding hydrogens is 399 g/mol. The number of aryl methyl sites for hydroxylation is 1. The van der Waals surface area contributed by atoms with Gasteiger partial charge in [0.25, 0.3) is 0 Å². The van der Waals surface area contributed by atoms with Gasteiger partial charge in [-0.25, -0.2) is 4.39 Å². The Balaban J connectivity index is 2.08. The number of aliphatic hydroxyl groups is 2. The maximum atomic E-state index is 13.8. The molecule has 31 heavy (non-hydrogen) atoms. The van der Waals surface area contributed by atoms with Crippen LogP contribution in [0.4, 0.5) is 4.39 Å². The molecular formula is C25H27FO5. The first kappa shape index (κ1) is 22.7. The first-order valence-corrected chi connectivity index (χ1v) is 10.2. The van der Waals surface area contributed by atoms with Crippen LogP contribution in [0.1, 0.15) is 49.3 Å². The van der Waals surface area contributed by atoms with Gasteiger partial charge in [0.15, 0.2) is 0 Å². The molecule has 0 bridgehead atoms. The molecule has 0 aliphatic heterocycles. The number of halogens is 1. The molecule has 0 aliphatic rings. The Kier molecular flexibility index (Phi) is 6.93. The van der Waals surface area contributed by atoms with Gasteiger partial charge in [0.05, 0.1) is 24.9 Å². The van der Waals surface area contributed by atoms with Gasteiger partial charge in [-0.2, -0.15) is 0 Å². The molecule has 0 saturated carbocycles. The zero-order valence-electron chi connectivity index (χ0n) is 17.8. The Bertz CT molecular complexity index is 1110. The molecule has 0 saturated heterocycles. The fourth-order valence-corrected chi connectivity index (χ4v) is 3.69. The Morgan fingerprint density at radius 2 is 1.94 bits per heavy atom. The van der Waals surface area contributed by atoms with Crippen molar-refractivity contribution in [3.05, 3.63) is 65.2 Å². The Morgan fingerprint density at radius 1 is 1.19 bits per heavy atom. The molecule has 6 heteroatoms. The molecule has 5 nitrogen and oxygen atoms in total. The number of furan rings is 1. The highest BCUT2D eigenvalue weighted by Crippen LogP contribution is 2.37. The second-order valence-electron chi connectivity index (χ2n) is 8.12. The summed E-state index contributed by atoms with van der Waals surface area (Å²) in [6.07, 6.45) is 2.33. The van der Waals surface area contributed by atoms with E-state index in [1.165, 1.54) is 12.1 Å². The molecule has 3 aromatic rings. The summed E-state index contributed by atoms with van der Waals surface area (Å²) in [5, 5.41) is 29.8. The Morgan fingerprint density at radius 3 is 2.58 bits per heavy atom. The summed E-state index contributed by atoms with van der Waals surface area (Å²) in [5.74, 6) is -1.21. The van der Waals surface area contributed by atoms with Crippen LogP contribution in [0.15, 0.2) is 47.1 Å². The highest BCUT2D eigenvalue weighted by Gasteiger charge is 2.18. The van der Waals surface area contributed by atoms with Gasteiger partial charge in [-0.05, 0) is 53.3 Å². The van der Waals surface area contributed by atoms with Gasteiger partial charge in [0.1, 0.15) is 11.4 Å². The van der Waals surface area contributed by atoms with Gasteiger partial charge >= 0.3 is 5.97 Å². The van der Waals surface area contributed by atoms with Crippen LogP contribution in [0.25, 0.3) is 28.2 Å². The van der Waals surface area contributed by atoms with Crippen molar-refractivity contribution < 1.29 is 28.9 Å². The number of aliphatic hydroxyl groups excluding tert-OH is 2. The minimum Gasteiger partial charge on any atom is -0.481 e. The number of carbonyl (C=O) groups is 1. The van der Waals surface area contributed by atoms with Crippen molar-refractivity contribution in [3.63, 3.8) is 0 Å². The summed E-state index contributed by atoms with van der Waals surface area (Å²) < 4.78 is 19.6.